The molecule has 0 radical (unpaired) electrons. The molecular formula is C14H14BrClINO. The number of hydrogen-bond acceptors (Lipinski definition) is 2. The second-order valence-corrected chi connectivity index (χ2v) is 6.58. The molecule has 0 saturated carbocycles. The van der Waals surface area contributed by atoms with Gasteiger partial charge in [0.05, 0.1) is 6.04 Å². The first-order valence-electron chi connectivity index (χ1n) is 6.05. The van der Waals surface area contributed by atoms with Crippen LogP contribution in [-0.2, 0) is 0 Å². The summed E-state index contributed by atoms with van der Waals surface area (Å²) < 4.78 is 7.61. The third-order valence-electron chi connectivity index (χ3n) is 2.75. The average Bonchev–Trinajstić information content (AvgIpc) is 2.80. The van der Waals surface area contributed by atoms with Gasteiger partial charge in [0.25, 0.3) is 0 Å². The van der Waals surface area contributed by atoms with Gasteiger partial charge in [-0.25, -0.2) is 0 Å². The molecule has 0 fully saturated rings. The Morgan fingerprint density at radius 2 is 2.16 bits per heavy atom. The Bertz CT molecular complexity index is 558. The van der Waals surface area contributed by atoms with Gasteiger partial charge in [-0.2, -0.15) is 0 Å². The highest BCUT2D eigenvalue weighted by molar-refractivity contribution is 14.1. The van der Waals surface area contributed by atoms with E-state index < -0.39 is 0 Å². The Morgan fingerprint density at radius 3 is 2.79 bits per heavy atom. The lowest BCUT2D eigenvalue weighted by Crippen LogP contribution is -2.23. The summed E-state index contributed by atoms with van der Waals surface area (Å²) in [7, 11) is 0. The Hall–Kier alpha value is -0.0400. The van der Waals surface area contributed by atoms with E-state index in [9.17, 15) is 0 Å². The molecule has 0 aliphatic rings. The molecular weight excluding hydrogens is 440 g/mol. The maximum atomic E-state index is 6.12. The van der Waals surface area contributed by atoms with E-state index in [1.54, 1.807) is 0 Å². The minimum Gasteiger partial charge on any atom is -0.452 e. The third-order valence-corrected chi connectivity index (χ3v) is 4.39. The molecule has 2 nitrogen and oxygen atoms in total. The van der Waals surface area contributed by atoms with Crippen LogP contribution < -0.4 is 5.32 Å². The van der Waals surface area contributed by atoms with Gasteiger partial charge in [-0.05, 0) is 87.4 Å². The fraction of sp³-hybridized carbons (Fsp3) is 0.286. The number of hydrogen-bond donors (Lipinski definition) is 1. The normalized spacial score (nSPS) is 12.6. The molecule has 1 atom stereocenters. The van der Waals surface area contributed by atoms with Gasteiger partial charge in [0.2, 0.25) is 0 Å². The molecule has 0 bridgehead atoms. The molecule has 1 heterocycles. The predicted molar refractivity (Wildman–Crippen MR) is 90.7 cm³/mol. The number of nitrogens with one attached hydrogen (secondary N) is 1. The molecule has 0 aliphatic carbocycles. The highest BCUT2D eigenvalue weighted by Gasteiger charge is 2.19. The summed E-state index contributed by atoms with van der Waals surface area (Å²) in [5, 5.41) is 4.25. The van der Waals surface area contributed by atoms with Crippen LogP contribution in [0.5, 0.6) is 0 Å². The lowest BCUT2D eigenvalue weighted by molar-refractivity contribution is 0.432. The van der Waals surface area contributed by atoms with Crippen molar-refractivity contribution < 1.29 is 4.42 Å². The summed E-state index contributed by atoms with van der Waals surface area (Å²) in [6, 6.07) is 9.84. The van der Waals surface area contributed by atoms with Gasteiger partial charge >= 0.3 is 0 Å². The van der Waals surface area contributed by atoms with Gasteiger partial charge in [0, 0.05) is 8.59 Å². The van der Waals surface area contributed by atoms with E-state index in [1.165, 1.54) is 3.57 Å². The highest BCUT2D eigenvalue weighted by Crippen LogP contribution is 2.30. The van der Waals surface area contributed by atoms with E-state index in [2.05, 4.69) is 50.8 Å². The molecule has 1 aromatic carbocycles. The summed E-state index contributed by atoms with van der Waals surface area (Å²) in [6.07, 6.45) is 1.07. The molecule has 0 amide bonds. The molecule has 1 N–H and O–H groups in total. The monoisotopic (exact) mass is 453 g/mol. The Morgan fingerprint density at radius 1 is 1.37 bits per heavy atom. The Labute approximate surface area is 140 Å². The van der Waals surface area contributed by atoms with Gasteiger partial charge in [0.15, 0.2) is 4.67 Å². The van der Waals surface area contributed by atoms with Gasteiger partial charge in [0.1, 0.15) is 5.76 Å². The smallest absolute Gasteiger partial charge is 0.169 e. The average molecular weight is 455 g/mol. The fourth-order valence-electron chi connectivity index (χ4n) is 1.87. The second kappa shape index (κ2) is 7.11. The second-order valence-electron chi connectivity index (χ2n) is 4.19. The van der Waals surface area contributed by atoms with Gasteiger partial charge in [-0.3, -0.25) is 0 Å². The number of rotatable bonds is 5. The zero-order chi connectivity index (χ0) is 13.8. The van der Waals surface area contributed by atoms with Crippen molar-refractivity contribution in [2.75, 3.05) is 6.54 Å². The first-order chi connectivity index (χ1) is 9.11. The van der Waals surface area contributed by atoms with Gasteiger partial charge in [-0.15, -0.1) is 0 Å². The molecule has 1 unspecified atom stereocenters. The van der Waals surface area contributed by atoms with Crippen LogP contribution in [0.25, 0.3) is 0 Å². The first-order valence-corrected chi connectivity index (χ1v) is 8.30. The van der Waals surface area contributed by atoms with Crippen LogP contribution in [0.1, 0.15) is 30.7 Å². The van der Waals surface area contributed by atoms with E-state index in [0.717, 1.165) is 34.0 Å². The van der Waals surface area contributed by atoms with Crippen molar-refractivity contribution in [2.24, 2.45) is 0 Å². The van der Waals surface area contributed by atoms with Crippen molar-refractivity contribution >= 4 is 50.1 Å². The van der Waals surface area contributed by atoms with Crippen LogP contribution in [0.15, 0.2) is 39.4 Å². The molecule has 0 spiro atoms. The van der Waals surface area contributed by atoms with Crippen LogP contribution in [0.3, 0.4) is 0 Å². The molecule has 2 aromatic rings. The molecule has 0 aliphatic heterocycles. The largest absolute Gasteiger partial charge is 0.452 e. The fourth-order valence-corrected chi connectivity index (χ4v) is 3.02. The number of halogens is 3. The summed E-state index contributed by atoms with van der Waals surface area (Å²) in [6.45, 7) is 3.07. The van der Waals surface area contributed by atoms with Crippen LogP contribution in [0.2, 0.25) is 5.02 Å². The molecule has 0 saturated heterocycles. The van der Waals surface area contributed by atoms with E-state index in [1.807, 2.05) is 30.3 Å². The van der Waals surface area contributed by atoms with E-state index in [-0.39, 0.29) is 6.04 Å². The summed E-state index contributed by atoms with van der Waals surface area (Å²) >= 11 is 11.8. The van der Waals surface area contributed by atoms with Crippen LogP contribution in [0.4, 0.5) is 0 Å². The van der Waals surface area contributed by atoms with Crippen LogP contribution >= 0.6 is 50.1 Å². The standard InChI is InChI=1S/C14H14BrClINO/c1-2-7-18-14(12-5-6-13(15)19-12)10-8-9(16)3-4-11(10)17/h3-6,8,14,18H,2,7H2,1H3. The zero-order valence-electron chi connectivity index (χ0n) is 10.4. The van der Waals surface area contributed by atoms with E-state index in [4.69, 9.17) is 16.0 Å². The lowest BCUT2D eigenvalue weighted by atomic mass is 10.0. The van der Waals surface area contributed by atoms with Gasteiger partial charge < -0.3 is 9.73 Å². The van der Waals surface area contributed by atoms with Crippen molar-refractivity contribution in [3.8, 4) is 0 Å². The topological polar surface area (TPSA) is 25.2 Å². The number of benzene rings is 1. The SMILES string of the molecule is CCCNC(c1ccc(Br)o1)c1cc(Cl)ccc1I. The maximum absolute atomic E-state index is 6.12. The molecule has 19 heavy (non-hydrogen) atoms. The van der Waals surface area contributed by atoms with Crippen LogP contribution in [0, 0.1) is 3.57 Å². The molecule has 102 valence electrons. The number of furan rings is 1. The minimum atomic E-state index is 0.0249. The van der Waals surface area contributed by atoms with Gasteiger partial charge in [-0.1, -0.05) is 18.5 Å². The van der Waals surface area contributed by atoms with E-state index >= 15 is 0 Å². The Balaban J connectivity index is 2.39. The Kier molecular flexibility index (Phi) is 5.74. The zero-order valence-corrected chi connectivity index (χ0v) is 14.9. The molecule has 5 heteroatoms. The van der Waals surface area contributed by atoms with Crippen LogP contribution in [-0.4, -0.2) is 6.54 Å². The summed E-state index contributed by atoms with van der Waals surface area (Å²) in [5.74, 6) is 0.889. The van der Waals surface area contributed by atoms with Crippen molar-refractivity contribution in [1.82, 2.24) is 5.32 Å². The van der Waals surface area contributed by atoms with Crippen molar-refractivity contribution in [3.63, 3.8) is 0 Å². The molecule has 2 rings (SSSR count). The quantitative estimate of drug-likeness (QED) is 0.613. The van der Waals surface area contributed by atoms with Crippen molar-refractivity contribution in [2.45, 2.75) is 19.4 Å². The first kappa shape index (κ1) is 15.4. The van der Waals surface area contributed by atoms with Crippen molar-refractivity contribution in [3.05, 3.63) is 54.9 Å². The van der Waals surface area contributed by atoms with E-state index in [0.29, 0.717) is 0 Å². The third kappa shape index (κ3) is 3.97. The summed E-state index contributed by atoms with van der Waals surface area (Å²) in [4.78, 5) is 0. The maximum Gasteiger partial charge on any atom is 0.169 e. The predicted octanol–water partition coefficient (Wildman–Crippen LogP) is 5.39. The molecule has 1 aromatic heterocycles. The van der Waals surface area contributed by atoms with Crippen molar-refractivity contribution in [1.29, 1.82) is 0 Å². The lowest BCUT2D eigenvalue weighted by Gasteiger charge is -2.18. The highest BCUT2D eigenvalue weighted by atomic mass is 127. The summed E-state index contributed by atoms with van der Waals surface area (Å²) in [5.41, 5.74) is 1.14. The minimum absolute atomic E-state index is 0.0249.